The summed E-state index contributed by atoms with van der Waals surface area (Å²) in [5.41, 5.74) is 0.499. The van der Waals surface area contributed by atoms with Crippen LogP contribution in [0.5, 0.6) is 0 Å². The van der Waals surface area contributed by atoms with Crippen LogP contribution in [-0.4, -0.2) is 30.7 Å². The summed E-state index contributed by atoms with van der Waals surface area (Å²) < 4.78 is 25.7. The summed E-state index contributed by atoms with van der Waals surface area (Å²) in [7, 11) is -3.69. The molecule has 0 unspecified atom stereocenters. The first-order chi connectivity index (χ1) is 12.8. The van der Waals surface area contributed by atoms with Crippen LogP contribution in [0.15, 0.2) is 45.5 Å². The Morgan fingerprint density at radius 3 is 2.81 bits per heavy atom. The number of carbonyl (C=O) groups is 2. The van der Waals surface area contributed by atoms with E-state index in [0.717, 1.165) is 9.77 Å². The standard InChI is InChI=1S/C18H20N2O4S3/c1-11(8-17(21)19-10-13-4-3-7-25-13)27(23,24)14-5-6-16-15(9-14)20-18(22)12(2)26-16/h3-7,9,11-12H,8,10H2,1-2H3,(H,19,21)(H,20,22)/t11-,12-/m1/s1. The molecule has 1 aromatic heterocycles. The largest absolute Gasteiger partial charge is 0.351 e. The van der Waals surface area contributed by atoms with Gasteiger partial charge in [-0.25, -0.2) is 8.42 Å². The minimum Gasteiger partial charge on any atom is -0.351 e. The summed E-state index contributed by atoms with van der Waals surface area (Å²) in [4.78, 5) is 25.9. The van der Waals surface area contributed by atoms with Gasteiger partial charge >= 0.3 is 0 Å². The van der Waals surface area contributed by atoms with Crippen molar-refractivity contribution in [3.8, 4) is 0 Å². The zero-order valence-corrected chi connectivity index (χ0v) is 17.3. The maximum absolute atomic E-state index is 12.8. The molecule has 0 spiro atoms. The Morgan fingerprint density at radius 2 is 2.11 bits per heavy atom. The lowest BCUT2D eigenvalue weighted by molar-refractivity contribution is -0.121. The van der Waals surface area contributed by atoms with Gasteiger partial charge in [0.2, 0.25) is 11.8 Å². The molecule has 2 aromatic rings. The van der Waals surface area contributed by atoms with Crippen LogP contribution in [0.25, 0.3) is 0 Å². The van der Waals surface area contributed by atoms with Crippen LogP contribution in [0.2, 0.25) is 0 Å². The van der Waals surface area contributed by atoms with E-state index in [2.05, 4.69) is 10.6 Å². The number of thioether (sulfide) groups is 1. The third-order valence-corrected chi connectivity index (χ3v) is 8.44. The highest BCUT2D eigenvalue weighted by atomic mass is 32.2. The lowest BCUT2D eigenvalue weighted by atomic mass is 10.3. The van der Waals surface area contributed by atoms with E-state index >= 15 is 0 Å². The molecule has 2 amide bonds. The van der Waals surface area contributed by atoms with Crippen LogP contribution >= 0.6 is 23.1 Å². The SMILES string of the molecule is C[C@H](CC(=O)NCc1cccs1)S(=O)(=O)c1ccc2c(c1)NC(=O)[C@@H](C)S2. The lowest BCUT2D eigenvalue weighted by Gasteiger charge is -2.22. The Labute approximate surface area is 166 Å². The van der Waals surface area contributed by atoms with Gasteiger partial charge in [0, 0.05) is 16.2 Å². The number of amides is 2. The van der Waals surface area contributed by atoms with Gasteiger partial charge in [0.15, 0.2) is 9.84 Å². The Hall–Kier alpha value is -1.84. The van der Waals surface area contributed by atoms with Crippen LogP contribution < -0.4 is 10.6 Å². The predicted octanol–water partition coefficient (Wildman–Crippen LogP) is 3.05. The highest BCUT2D eigenvalue weighted by molar-refractivity contribution is 8.01. The fourth-order valence-corrected chi connectivity index (χ4v) is 5.59. The number of hydrogen-bond acceptors (Lipinski definition) is 6. The summed E-state index contributed by atoms with van der Waals surface area (Å²) in [5, 5.41) is 6.31. The molecule has 2 atom stereocenters. The van der Waals surface area contributed by atoms with Crippen LogP contribution in [0.4, 0.5) is 5.69 Å². The minimum absolute atomic E-state index is 0.107. The van der Waals surface area contributed by atoms with Gasteiger partial charge in [-0.2, -0.15) is 0 Å². The van der Waals surface area contributed by atoms with E-state index in [0.29, 0.717) is 12.2 Å². The highest BCUT2D eigenvalue weighted by Crippen LogP contribution is 2.37. The van der Waals surface area contributed by atoms with Crippen molar-refractivity contribution in [2.45, 2.75) is 47.1 Å². The van der Waals surface area contributed by atoms with Gasteiger partial charge in [0.05, 0.1) is 27.6 Å². The van der Waals surface area contributed by atoms with E-state index in [1.807, 2.05) is 17.5 Å². The van der Waals surface area contributed by atoms with Crippen LogP contribution in [-0.2, 0) is 26.0 Å². The Kier molecular flexibility index (Phi) is 5.92. The number of fused-ring (bicyclic) bond motifs is 1. The van der Waals surface area contributed by atoms with Crippen molar-refractivity contribution in [2.75, 3.05) is 5.32 Å². The zero-order chi connectivity index (χ0) is 19.6. The summed E-state index contributed by atoms with van der Waals surface area (Å²) in [6, 6.07) is 8.51. The number of thiophene rings is 1. The van der Waals surface area contributed by atoms with Gasteiger partial charge < -0.3 is 10.6 Å². The van der Waals surface area contributed by atoms with Crippen molar-refractivity contribution in [2.24, 2.45) is 0 Å². The Bertz CT molecular complexity index is 955. The second-order valence-electron chi connectivity index (χ2n) is 6.32. The van der Waals surface area contributed by atoms with E-state index in [9.17, 15) is 18.0 Å². The molecule has 6 nitrogen and oxygen atoms in total. The second kappa shape index (κ2) is 8.04. The lowest BCUT2D eigenvalue weighted by Crippen LogP contribution is -2.30. The summed E-state index contributed by atoms with van der Waals surface area (Å²) >= 11 is 2.92. The molecular weight excluding hydrogens is 404 g/mol. The predicted molar refractivity (Wildman–Crippen MR) is 108 cm³/mol. The van der Waals surface area contributed by atoms with Crippen molar-refractivity contribution >= 4 is 50.4 Å². The van der Waals surface area contributed by atoms with E-state index < -0.39 is 15.1 Å². The van der Waals surface area contributed by atoms with Gasteiger partial charge in [-0.1, -0.05) is 6.07 Å². The first-order valence-electron chi connectivity index (χ1n) is 8.42. The fourth-order valence-electron chi connectivity index (χ4n) is 2.64. The van der Waals surface area contributed by atoms with Crippen molar-refractivity contribution < 1.29 is 18.0 Å². The molecular formula is C18H20N2O4S3. The zero-order valence-electron chi connectivity index (χ0n) is 14.9. The van der Waals surface area contributed by atoms with E-state index in [4.69, 9.17) is 0 Å². The monoisotopic (exact) mass is 424 g/mol. The van der Waals surface area contributed by atoms with E-state index in [-0.39, 0.29) is 28.4 Å². The molecule has 0 aliphatic carbocycles. The minimum atomic E-state index is -3.69. The molecule has 144 valence electrons. The van der Waals surface area contributed by atoms with Gasteiger partial charge in [0.25, 0.3) is 0 Å². The average molecular weight is 425 g/mol. The second-order valence-corrected chi connectivity index (χ2v) is 11.1. The molecule has 2 N–H and O–H groups in total. The van der Waals surface area contributed by atoms with Crippen molar-refractivity contribution in [3.63, 3.8) is 0 Å². The number of anilines is 1. The summed E-state index contributed by atoms with van der Waals surface area (Å²) in [6.07, 6.45) is -0.122. The number of carbonyl (C=O) groups excluding carboxylic acids is 2. The number of rotatable bonds is 6. The smallest absolute Gasteiger partial charge is 0.237 e. The Morgan fingerprint density at radius 1 is 1.33 bits per heavy atom. The van der Waals surface area contributed by atoms with E-state index in [1.165, 1.54) is 42.2 Å². The Balaban J connectivity index is 1.69. The van der Waals surface area contributed by atoms with Crippen molar-refractivity contribution in [1.29, 1.82) is 0 Å². The van der Waals surface area contributed by atoms with Gasteiger partial charge in [-0.15, -0.1) is 23.1 Å². The molecule has 3 rings (SSSR count). The molecule has 27 heavy (non-hydrogen) atoms. The van der Waals surface area contributed by atoms with Crippen molar-refractivity contribution in [3.05, 3.63) is 40.6 Å². The molecule has 0 saturated heterocycles. The van der Waals surface area contributed by atoms with Crippen molar-refractivity contribution in [1.82, 2.24) is 5.32 Å². The number of hydrogen-bond donors (Lipinski definition) is 2. The molecule has 0 bridgehead atoms. The van der Waals surface area contributed by atoms with Gasteiger partial charge in [0.1, 0.15) is 0 Å². The average Bonchev–Trinajstić information content (AvgIpc) is 3.14. The molecule has 9 heteroatoms. The maximum atomic E-state index is 12.8. The molecule has 1 aromatic carbocycles. The molecule has 2 heterocycles. The topological polar surface area (TPSA) is 92.3 Å². The van der Waals surface area contributed by atoms with Crippen LogP contribution in [0.3, 0.4) is 0 Å². The highest BCUT2D eigenvalue weighted by Gasteiger charge is 2.29. The first kappa shape index (κ1) is 19.9. The van der Waals surface area contributed by atoms with Crippen LogP contribution in [0, 0.1) is 0 Å². The maximum Gasteiger partial charge on any atom is 0.237 e. The first-order valence-corrected chi connectivity index (χ1v) is 11.7. The molecule has 0 fully saturated rings. The number of benzene rings is 1. The summed E-state index contributed by atoms with van der Waals surface area (Å²) in [5.74, 6) is -0.460. The molecule has 1 aliphatic heterocycles. The third kappa shape index (κ3) is 4.53. The quantitative estimate of drug-likeness (QED) is 0.744. The third-order valence-electron chi connectivity index (χ3n) is 4.25. The van der Waals surface area contributed by atoms with Gasteiger partial charge in [-0.05, 0) is 43.5 Å². The number of sulfone groups is 1. The molecule has 1 aliphatic rings. The summed E-state index contributed by atoms with van der Waals surface area (Å²) in [6.45, 7) is 3.71. The molecule has 0 radical (unpaired) electrons. The normalized spacial score (nSPS) is 17.7. The number of nitrogens with one attached hydrogen (secondary N) is 2. The molecule has 0 saturated carbocycles. The fraction of sp³-hybridized carbons (Fsp3) is 0.333. The van der Waals surface area contributed by atoms with Gasteiger partial charge in [-0.3, -0.25) is 9.59 Å². The van der Waals surface area contributed by atoms with Crippen LogP contribution in [0.1, 0.15) is 25.1 Å². The van der Waals surface area contributed by atoms with E-state index in [1.54, 1.807) is 13.0 Å².